The van der Waals surface area contributed by atoms with Gasteiger partial charge in [0.2, 0.25) is 0 Å². The molecule has 2 aromatic carbocycles. The largest absolute Gasteiger partial charge is 0.337 e. The molecule has 32 heavy (non-hydrogen) atoms. The molecule has 1 amide bonds. The summed E-state index contributed by atoms with van der Waals surface area (Å²) in [5.41, 5.74) is 3.15. The van der Waals surface area contributed by atoms with Crippen LogP contribution in [-0.4, -0.2) is 34.7 Å². The summed E-state index contributed by atoms with van der Waals surface area (Å²) in [7, 11) is 0. The van der Waals surface area contributed by atoms with Gasteiger partial charge in [-0.15, -0.1) is 0 Å². The minimum atomic E-state index is -0.391. The molecule has 1 aliphatic heterocycles. The maximum atomic E-state index is 13.8. The van der Waals surface area contributed by atoms with Gasteiger partial charge in [0, 0.05) is 30.3 Å². The van der Waals surface area contributed by atoms with Crippen LogP contribution in [0.4, 0.5) is 8.78 Å². The summed E-state index contributed by atoms with van der Waals surface area (Å²) in [6.07, 6.45) is 3.70. The van der Waals surface area contributed by atoms with Gasteiger partial charge in [0.05, 0.1) is 5.69 Å². The highest BCUT2D eigenvalue weighted by Crippen LogP contribution is 2.42. The first-order valence-corrected chi connectivity index (χ1v) is 11.0. The van der Waals surface area contributed by atoms with Crippen LogP contribution in [0.5, 0.6) is 0 Å². The molecule has 6 heteroatoms. The number of aldehydes is 1. The van der Waals surface area contributed by atoms with E-state index in [1.54, 1.807) is 28.8 Å². The Kier molecular flexibility index (Phi) is 6.21. The molecule has 0 atom stereocenters. The van der Waals surface area contributed by atoms with E-state index in [-0.39, 0.29) is 17.8 Å². The number of piperidine rings is 1. The van der Waals surface area contributed by atoms with E-state index in [9.17, 15) is 18.4 Å². The first-order chi connectivity index (χ1) is 15.4. The highest BCUT2D eigenvalue weighted by atomic mass is 19.1. The number of carbonyl (C=O) groups excluding carboxylic acids is 2. The molecule has 166 valence electrons. The smallest absolute Gasteiger partial charge is 0.271 e. The maximum absolute atomic E-state index is 13.8. The van der Waals surface area contributed by atoms with Crippen molar-refractivity contribution >= 4 is 12.2 Å². The average molecular weight is 437 g/mol. The Bertz CT molecular complexity index is 1130. The van der Waals surface area contributed by atoms with Crippen LogP contribution in [0.25, 0.3) is 22.3 Å². The Morgan fingerprint density at radius 1 is 0.844 bits per heavy atom. The van der Waals surface area contributed by atoms with Crippen LogP contribution in [0, 0.1) is 11.6 Å². The van der Waals surface area contributed by atoms with E-state index in [0.717, 1.165) is 25.5 Å². The van der Waals surface area contributed by atoms with Gasteiger partial charge in [-0.25, -0.2) is 8.78 Å². The van der Waals surface area contributed by atoms with Gasteiger partial charge in [-0.1, -0.05) is 24.3 Å². The number of amides is 1. The predicted octanol–water partition coefficient (Wildman–Crippen LogP) is 6.12. The van der Waals surface area contributed by atoms with Crippen LogP contribution in [0.15, 0.2) is 48.5 Å². The van der Waals surface area contributed by atoms with Gasteiger partial charge < -0.3 is 9.47 Å². The average Bonchev–Trinajstić information content (AvgIpc) is 3.15. The molecule has 0 aliphatic carbocycles. The van der Waals surface area contributed by atoms with Crippen molar-refractivity contribution in [1.29, 1.82) is 0 Å². The summed E-state index contributed by atoms with van der Waals surface area (Å²) in [4.78, 5) is 28.0. The van der Waals surface area contributed by atoms with Crippen molar-refractivity contribution in [2.45, 2.75) is 39.2 Å². The molecule has 0 radical (unpaired) electrons. The lowest BCUT2D eigenvalue weighted by atomic mass is 9.94. The molecule has 3 aromatic rings. The lowest BCUT2D eigenvalue weighted by Gasteiger charge is -2.28. The van der Waals surface area contributed by atoms with E-state index >= 15 is 0 Å². The zero-order valence-electron chi connectivity index (χ0n) is 18.3. The van der Waals surface area contributed by atoms with Gasteiger partial charge in [0.25, 0.3) is 5.91 Å². The standard InChI is InChI=1S/C26H26F2N2O2/c1-17(2)30-22(16-31)23(18-6-10-20(27)11-7-18)24(19-8-12-21(28)13-9-19)25(30)26(32)29-14-4-3-5-15-29/h6-13,16-17H,3-5,14-15H2,1-2H3. The zero-order chi connectivity index (χ0) is 22.8. The van der Waals surface area contributed by atoms with Crippen LogP contribution in [0.1, 0.15) is 60.1 Å². The summed E-state index contributed by atoms with van der Waals surface area (Å²) < 4.78 is 29.1. The van der Waals surface area contributed by atoms with Crippen LogP contribution >= 0.6 is 0 Å². The lowest BCUT2D eigenvalue weighted by Crippen LogP contribution is -2.37. The van der Waals surface area contributed by atoms with Gasteiger partial charge in [-0.3, -0.25) is 9.59 Å². The molecule has 4 rings (SSSR count). The number of benzene rings is 2. The number of likely N-dealkylation sites (tertiary alicyclic amines) is 1. The fourth-order valence-corrected chi connectivity index (χ4v) is 4.52. The van der Waals surface area contributed by atoms with Gasteiger partial charge in [-0.05, 0) is 68.5 Å². The monoisotopic (exact) mass is 436 g/mol. The second-order valence-electron chi connectivity index (χ2n) is 8.43. The molecule has 1 aliphatic rings. The third-order valence-corrected chi connectivity index (χ3v) is 5.98. The Hall–Kier alpha value is -3.28. The molecule has 0 saturated carbocycles. The highest BCUT2D eigenvalue weighted by Gasteiger charge is 2.32. The van der Waals surface area contributed by atoms with Gasteiger partial charge in [-0.2, -0.15) is 0 Å². The molecular formula is C26H26F2N2O2. The van der Waals surface area contributed by atoms with E-state index in [1.807, 2.05) is 18.7 Å². The topological polar surface area (TPSA) is 42.3 Å². The van der Waals surface area contributed by atoms with E-state index in [2.05, 4.69) is 0 Å². The number of carbonyl (C=O) groups is 2. The van der Waals surface area contributed by atoms with Crippen LogP contribution in [0.3, 0.4) is 0 Å². The number of nitrogens with zero attached hydrogens (tertiary/aromatic N) is 2. The Balaban J connectivity index is 2.06. The lowest BCUT2D eigenvalue weighted by molar-refractivity contribution is 0.0712. The summed E-state index contributed by atoms with van der Waals surface area (Å²) in [5, 5.41) is 0. The van der Waals surface area contributed by atoms with Crippen LogP contribution < -0.4 is 0 Å². The van der Waals surface area contributed by atoms with Crippen LogP contribution in [0.2, 0.25) is 0 Å². The molecule has 0 bridgehead atoms. The predicted molar refractivity (Wildman–Crippen MR) is 121 cm³/mol. The Labute approximate surface area is 186 Å². The Morgan fingerprint density at radius 2 is 1.34 bits per heavy atom. The number of rotatable bonds is 5. The Morgan fingerprint density at radius 3 is 1.81 bits per heavy atom. The fourth-order valence-electron chi connectivity index (χ4n) is 4.52. The minimum absolute atomic E-state index is 0.144. The van der Waals surface area contributed by atoms with Crippen LogP contribution in [-0.2, 0) is 0 Å². The van der Waals surface area contributed by atoms with Crippen molar-refractivity contribution in [2.24, 2.45) is 0 Å². The fraction of sp³-hybridized carbons (Fsp3) is 0.308. The molecule has 0 N–H and O–H groups in total. The second-order valence-corrected chi connectivity index (χ2v) is 8.43. The normalized spacial score (nSPS) is 14.1. The number of aromatic nitrogens is 1. The van der Waals surface area contributed by atoms with Crippen molar-refractivity contribution in [3.63, 3.8) is 0 Å². The first kappa shape index (κ1) is 21.9. The third-order valence-electron chi connectivity index (χ3n) is 5.98. The number of hydrogen-bond donors (Lipinski definition) is 0. The van der Waals surface area contributed by atoms with Crippen molar-refractivity contribution in [3.05, 3.63) is 71.6 Å². The minimum Gasteiger partial charge on any atom is -0.337 e. The number of halogens is 2. The molecule has 4 nitrogen and oxygen atoms in total. The van der Waals surface area contributed by atoms with Crippen molar-refractivity contribution in [3.8, 4) is 22.3 Å². The summed E-state index contributed by atoms with van der Waals surface area (Å²) in [5.74, 6) is -0.924. The quantitative estimate of drug-likeness (QED) is 0.452. The molecule has 0 spiro atoms. The molecule has 0 unspecified atom stereocenters. The molecule has 2 heterocycles. The highest BCUT2D eigenvalue weighted by molar-refractivity contribution is 6.08. The first-order valence-electron chi connectivity index (χ1n) is 11.0. The maximum Gasteiger partial charge on any atom is 0.271 e. The summed E-state index contributed by atoms with van der Waals surface area (Å²) in [6.45, 7) is 5.16. The van der Waals surface area contributed by atoms with Crippen molar-refractivity contribution < 1.29 is 18.4 Å². The van der Waals surface area contributed by atoms with Gasteiger partial charge >= 0.3 is 0 Å². The summed E-state index contributed by atoms with van der Waals surface area (Å²) in [6, 6.07) is 11.6. The van der Waals surface area contributed by atoms with Crippen molar-refractivity contribution in [2.75, 3.05) is 13.1 Å². The summed E-state index contributed by atoms with van der Waals surface area (Å²) >= 11 is 0. The number of hydrogen-bond acceptors (Lipinski definition) is 2. The molecule has 1 fully saturated rings. The van der Waals surface area contributed by atoms with E-state index in [1.165, 1.54) is 24.3 Å². The second kappa shape index (κ2) is 9.07. The SMILES string of the molecule is CC(C)n1c(C=O)c(-c2ccc(F)cc2)c(-c2ccc(F)cc2)c1C(=O)N1CCCCC1. The van der Waals surface area contributed by atoms with Gasteiger partial charge in [0.15, 0.2) is 6.29 Å². The third kappa shape index (κ3) is 3.97. The molecule has 1 saturated heterocycles. The van der Waals surface area contributed by atoms with E-state index in [4.69, 9.17) is 0 Å². The van der Waals surface area contributed by atoms with Crippen molar-refractivity contribution in [1.82, 2.24) is 9.47 Å². The van der Waals surface area contributed by atoms with Gasteiger partial charge in [0.1, 0.15) is 17.3 Å². The van der Waals surface area contributed by atoms with E-state index < -0.39 is 5.82 Å². The zero-order valence-corrected chi connectivity index (χ0v) is 18.3. The van der Waals surface area contributed by atoms with E-state index in [0.29, 0.717) is 46.7 Å². The molecular weight excluding hydrogens is 410 g/mol. The molecule has 1 aromatic heterocycles.